The third-order valence-electron chi connectivity index (χ3n) is 4.00. The Labute approximate surface area is 130 Å². The molecule has 0 amide bonds. The maximum absolute atomic E-state index is 5.53. The summed E-state index contributed by atoms with van der Waals surface area (Å²) in [5.41, 5.74) is 4.49. The molecule has 1 aromatic carbocycles. The smallest absolute Gasteiger partial charge is 0.0798 e. The van der Waals surface area contributed by atoms with Crippen molar-refractivity contribution < 1.29 is 4.74 Å². The van der Waals surface area contributed by atoms with Gasteiger partial charge in [0.2, 0.25) is 0 Å². The molecule has 3 rings (SSSR count). The molecule has 1 aliphatic rings. The number of aryl methyl sites for hydroxylation is 1. The summed E-state index contributed by atoms with van der Waals surface area (Å²) in [7, 11) is 0. The third kappa shape index (κ3) is 4.13. The quantitative estimate of drug-likeness (QED) is 0.817. The van der Waals surface area contributed by atoms with Crippen LogP contribution < -0.4 is 0 Å². The van der Waals surface area contributed by atoms with Crippen LogP contribution in [0, 0.1) is 12.8 Å². The predicted octanol–water partition coefficient (Wildman–Crippen LogP) is 3.49. The molecule has 2 aromatic rings. The summed E-state index contributed by atoms with van der Waals surface area (Å²) in [6.45, 7) is 7.02. The van der Waals surface area contributed by atoms with Gasteiger partial charge in [0.25, 0.3) is 0 Å². The molecule has 1 saturated heterocycles. The van der Waals surface area contributed by atoms with Crippen molar-refractivity contribution in [3.63, 3.8) is 0 Å². The van der Waals surface area contributed by atoms with E-state index in [0.29, 0.717) is 5.92 Å². The molecule has 0 spiro atoms. The molecule has 0 bridgehead atoms. The van der Waals surface area contributed by atoms with Gasteiger partial charge in [-0.15, -0.1) is 11.3 Å². The lowest BCUT2D eigenvalue weighted by molar-refractivity contribution is 0.162. The van der Waals surface area contributed by atoms with Crippen molar-refractivity contribution in [1.29, 1.82) is 0 Å². The maximum atomic E-state index is 5.53. The van der Waals surface area contributed by atoms with Crippen LogP contribution in [-0.4, -0.2) is 29.6 Å². The fourth-order valence-electron chi connectivity index (χ4n) is 2.80. The van der Waals surface area contributed by atoms with Gasteiger partial charge in [0.1, 0.15) is 0 Å². The van der Waals surface area contributed by atoms with E-state index in [-0.39, 0.29) is 0 Å². The molecule has 0 aliphatic carbocycles. The number of rotatable bonds is 6. The SMILES string of the molecule is Cc1ncsc1CN(Cc1ccccc1)C[C@@H]1CCOC1. The largest absolute Gasteiger partial charge is 0.381 e. The van der Waals surface area contributed by atoms with Gasteiger partial charge in [-0.3, -0.25) is 4.90 Å². The first kappa shape index (κ1) is 14.7. The van der Waals surface area contributed by atoms with Crippen molar-refractivity contribution in [1.82, 2.24) is 9.88 Å². The van der Waals surface area contributed by atoms with Gasteiger partial charge in [-0.2, -0.15) is 0 Å². The summed E-state index contributed by atoms with van der Waals surface area (Å²) in [5, 5.41) is 0. The van der Waals surface area contributed by atoms with Crippen molar-refractivity contribution in [2.75, 3.05) is 19.8 Å². The summed E-state index contributed by atoms with van der Waals surface area (Å²) in [4.78, 5) is 8.29. The summed E-state index contributed by atoms with van der Waals surface area (Å²) >= 11 is 1.76. The Balaban J connectivity index is 1.69. The normalized spacial score (nSPS) is 18.5. The molecular formula is C17H22N2OS. The molecule has 112 valence electrons. The Morgan fingerprint density at radius 2 is 2.14 bits per heavy atom. The highest BCUT2D eigenvalue weighted by Crippen LogP contribution is 2.20. The zero-order valence-electron chi connectivity index (χ0n) is 12.5. The Hall–Kier alpha value is -1.23. The molecule has 1 fully saturated rings. The average molecular weight is 302 g/mol. The van der Waals surface area contributed by atoms with Gasteiger partial charge in [-0.1, -0.05) is 30.3 Å². The van der Waals surface area contributed by atoms with Gasteiger partial charge >= 0.3 is 0 Å². The van der Waals surface area contributed by atoms with E-state index >= 15 is 0 Å². The second-order valence-corrected chi connectivity index (χ2v) is 6.69. The second-order valence-electron chi connectivity index (χ2n) is 5.75. The minimum atomic E-state index is 0.668. The summed E-state index contributed by atoms with van der Waals surface area (Å²) in [5.74, 6) is 0.668. The minimum absolute atomic E-state index is 0.668. The van der Waals surface area contributed by atoms with Gasteiger partial charge in [-0.05, 0) is 24.8 Å². The molecule has 3 nitrogen and oxygen atoms in total. The highest BCUT2D eigenvalue weighted by Gasteiger charge is 2.20. The van der Waals surface area contributed by atoms with E-state index in [4.69, 9.17) is 4.74 Å². The lowest BCUT2D eigenvalue weighted by Gasteiger charge is -2.24. The molecule has 2 heterocycles. The van der Waals surface area contributed by atoms with Gasteiger partial charge in [0.15, 0.2) is 0 Å². The number of benzene rings is 1. The van der Waals surface area contributed by atoms with Crippen LogP contribution in [0.2, 0.25) is 0 Å². The average Bonchev–Trinajstić information content (AvgIpc) is 3.13. The molecule has 1 aliphatic heterocycles. The van der Waals surface area contributed by atoms with Crippen LogP contribution in [0.5, 0.6) is 0 Å². The number of hydrogen-bond acceptors (Lipinski definition) is 4. The van der Waals surface area contributed by atoms with Gasteiger partial charge < -0.3 is 4.74 Å². The number of nitrogens with zero attached hydrogens (tertiary/aromatic N) is 2. The first-order valence-electron chi connectivity index (χ1n) is 7.54. The van der Waals surface area contributed by atoms with E-state index in [1.54, 1.807) is 11.3 Å². The standard InChI is InChI=1S/C17H22N2OS/c1-14-17(21-13-18-14)11-19(10-16-7-8-20-12-16)9-15-5-3-2-4-6-15/h2-6,13,16H,7-12H2,1H3/t16-/m0/s1. The number of ether oxygens (including phenoxy) is 1. The Kier molecular flexibility index (Phi) is 5.01. The molecule has 1 atom stereocenters. The molecule has 1 aromatic heterocycles. The molecule has 0 unspecified atom stereocenters. The van der Waals surface area contributed by atoms with Crippen molar-refractivity contribution >= 4 is 11.3 Å². The van der Waals surface area contributed by atoms with Crippen LogP contribution in [0.15, 0.2) is 35.8 Å². The second kappa shape index (κ2) is 7.16. The first-order valence-corrected chi connectivity index (χ1v) is 8.42. The van der Waals surface area contributed by atoms with E-state index in [2.05, 4.69) is 47.1 Å². The highest BCUT2D eigenvalue weighted by molar-refractivity contribution is 7.09. The van der Waals surface area contributed by atoms with Crippen LogP contribution in [0.25, 0.3) is 0 Å². The Bertz CT molecular complexity index is 549. The van der Waals surface area contributed by atoms with Gasteiger partial charge in [0, 0.05) is 31.1 Å². The molecule has 21 heavy (non-hydrogen) atoms. The van der Waals surface area contributed by atoms with E-state index in [0.717, 1.165) is 32.8 Å². The Morgan fingerprint density at radius 3 is 2.81 bits per heavy atom. The van der Waals surface area contributed by atoms with E-state index in [1.165, 1.54) is 22.6 Å². The van der Waals surface area contributed by atoms with Gasteiger partial charge in [-0.25, -0.2) is 4.98 Å². The summed E-state index contributed by atoms with van der Waals surface area (Å²) < 4.78 is 5.53. The number of thiazole rings is 1. The predicted molar refractivity (Wildman–Crippen MR) is 86.3 cm³/mol. The summed E-state index contributed by atoms with van der Waals surface area (Å²) in [6, 6.07) is 10.7. The number of aromatic nitrogens is 1. The zero-order valence-corrected chi connectivity index (χ0v) is 13.3. The molecule has 0 N–H and O–H groups in total. The fraction of sp³-hybridized carbons (Fsp3) is 0.471. The van der Waals surface area contributed by atoms with E-state index < -0.39 is 0 Å². The van der Waals surface area contributed by atoms with Crippen molar-refractivity contribution in [2.24, 2.45) is 5.92 Å². The van der Waals surface area contributed by atoms with E-state index in [1.807, 2.05) is 5.51 Å². The third-order valence-corrected chi connectivity index (χ3v) is 4.92. The zero-order chi connectivity index (χ0) is 14.5. The van der Waals surface area contributed by atoms with Crippen molar-refractivity contribution in [3.05, 3.63) is 52.0 Å². The van der Waals surface area contributed by atoms with Crippen LogP contribution in [-0.2, 0) is 17.8 Å². The Morgan fingerprint density at radius 1 is 1.29 bits per heavy atom. The first-order chi connectivity index (χ1) is 10.3. The van der Waals surface area contributed by atoms with Crippen molar-refractivity contribution in [3.8, 4) is 0 Å². The van der Waals surface area contributed by atoms with Crippen molar-refractivity contribution in [2.45, 2.75) is 26.4 Å². The molecular weight excluding hydrogens is 280 g/mol. The van der Waals surface area contributed by atoms with Crippen LogP contribution in [0.1, 0.15) is 22.6 Å². The maximum Gasteiger partial charge on any atom is 0.0798 e. The van der Waals surface area contributed by atoms with Crippen LogP contribution in [0.3, 0.4) is 0 Å². The topological polar surface area (TPSA) is 25.4 Å². The summed E-state index contributed by atoms with van der Waals surface area (Å²) in [6.07, 6.45) is 1.19. The van der Waals surface area contributed by atoms with Crippen LogP contribution in [0.4, 0.5) is 0 Å². The highest BCUT2D eigenvalue weighted by atomic mass is 32.1. The van der Waals surface area contributed by atoms with E-state index in [9.17, 15) is 0 Å². The lowest BCUT2D eigenvalue weighted by Crippen LogP contribution is -2.29. The monoisotopic (exact) mass is 302 g/mol. The lowest BCUT2D eigenvalue weighted by atomic mass is 10.1. The molecule has 0 saturated carbocycles. The van der Waals surface area contributed by atoms with Gasteiger partial charge in [0.05, 0.1) is 17.8 Å². The fourth-order valence-corrected chi connectivity index (χ4v) is 3.62. The number of hydrogen-bond donors (Lipinski definition) is 0. The molecule has 0 radical (unpaired) electrons. The minimum Gasteiger partial charge on any atom is -0.381 e. The van der Waals surface area contributed by atoms with Crippen LogP contribution >= 0.6 is 11.3 Å². The molecule has 4 heteroatoms.